The van der Waals surface area contributed by atoms with E-state index >= 15 is 0 Å². The Balaban J connectivity index is 1.68. The Bertz CT molecular complexity index is 1170. The highest BCUT2D eigenvalue weighted by molar-refractivity contribution is 6.99. The number of hydrogen-bond acceptors (Lipinski definition) is 4. The molecule has 0 spiro atoms. The van der Waals surface area contributed by atoms with E-state index in [-0.39, 0.29) is 17.2 Å². The lowest BCUT2D eigenvalue weighted by Gasteiger charge is -2.43. The van der Waals surface area contributed by atoms with E-state index < -0.39 is 32.7 Å². The van der Waals surface area contributed by atoms with Gasteiger partial charge in [0.25, 0.3) is 20.0 Å². The van der Waals surface area contributed by atoms with E-state index in [1.807, 2.05) is 36.4 Å². The van der Waals surface area contributed by atoms with Crippen molar-refractivity contribution >= 4 is 30.4 Å². The largest absolute Gasteiger partial charge is 0.491 e. The fourth-order valence-electron chi connectivity index (χ4n) is 4.41. The van der Waals surface area contributed by atoms with Crippen molar-refractivity contribution in [3.8, 4) is 5.75 Å². The second kappa shape index (κ2) is 12.0. The van der Waals surface area contributed by atoms with Gasteiger partial charge in [-0.15, -0.1) is 0 Å². The lowest BCUT2D eigenvalue weighted by molar-refractivity contribution is -0.171. The van der Waals surface area contributed by atoms with Crippen molar-refractivity contribution in [3.63, 3.8) is 0 Å². The molecule has 3 rings (SSSR count). The molecule has 202 valence electrons. The van der Waals surface area contributed by atoms with Crippen LogP contribution in [0.1, 0.15) is 31.1 Å². The standard InChI is InChI=1S/C29H32F3NO4Si/c1-28(2,3)38(24-11-7-5-8-12-24,25-13-9-6-10-14-25)37-20-19-36-23-17-15-22(16-18-23)27(35)33(4)21-26(34)29(30,31)32/h5-18H,19-21H2,1-4H3. The third-order valence-corrected chi connectivity index (χ3v) is 11.3. The number of alkyl halides is 3. The molecule has 0 atom stereocenters. The number of Topliss-reactive ketones (excluding diaryl/α,β-unsaturated/α-hetero) is 1. The third kappa shape index (κ3) is 6.71. The Morgan fingerprint density at radius 3 is 1.74 bits per heavy atom. The summed E-state index contributed by atoms with van der Waals surface area (Å²) in [4.78, 5) is 24.3. The molecule has 3 aromatic carbocycles. The minimum atomic E-state index is -4.98. The maximum atomic E-state index is 12.5. The van der Waals surface area contributed by atoms with E-state index in [2.05, 4.69) is 45.0 Å². The second-order valence-corrected chi connectivity index (χ2v) is 14.3. The average Bonchev–Trinajstić information content (AvgIpc) is 2.88. The van der Waals surface area contributed by atoms with Crippen LogP contribution in [0.5, 0.6) is 5.75 Å². The van der Waals surface area contributed by atoms with Gasteiger partial charge in [0.05, 0.1) is 13.2 Å². The normalized spacial score (nSPS) is 12.2. The monoisotopic (exact) mass is 543 g/mol. The summed E-state index contributed by atoms with van der Waals surface area (Å²) in [7, 11) is -1.54. The van der Waals surface area contributed by atoms with E-state index in [9.17, 15) is 22.8 Å². The molecule has 0 aliphatic rings. The summed E-state index contributed by atoms with van der Waals surface area (Å²) in [6.45, 7) is 6.12. The smallest absolute Gasteiger partial charge is 0.451 e. The van der Waals surface area contributed by atoms with Crippen molar-refractivity contribution in [2.45, 2.75) is 32.0 Å². The van der Waals surface area contributed by atoms with Crippen LogP contribution in [0.25, 0.3) is 0 Å². The van der Waals surface area contributed by atoms with Gasteiger partial charge < -0.3 is 14.1 Å². The van der Waals surface area contributed by atoms with Gasteiger partial charge in [-0.2, -0.15) is 13.2 Å². The van der Waals surface area contributed by atoms with Crippen LogP contribution in [-0.2, 0) is 9.22 Å². The molecule has 1 amide bonds. The predicted octanol–water partition coefficient (Wildman–Crippen LogP) is 4.85. The fourth-order valence-corrected chi connectivity index (χ4v) is 8.95. The zero-order valence-electron chi connectivity index (χ0n) is 21.9. The van der Waals surface area contributed by atoms with E-state index in [1.165, 1.54) is 12.1 Å². The maximum absolute atomic E-state index is 12.5. The van der Waals surface area contributed by atoms with Crippen molar-refractivity contribution in [3.05, 3.63) is 90.5 Å². The number of carbonyl (C=O) groups is 2. The molecular formula is C29H32F3NO4Si. The quantitative estimate of drug-likeness (QED) is 0.271. The summed E-state index contributed by atoms with van der Waals surface area (Å²) in [5.74, 6) is -2.18. The third-order valence-electron chi connectivity index (χ3n) is 6.23. The highest BCUT2D eigenvalue weighted by Gasteiger charge is 2.50. The Hall–Kier alpha value is -3.43. The molecule has 0 saturated heterocycles. The van der Waals surface area contributed by atoms with Crippen LogP contribution in [0.4, 0.5) is 13.2 Å². The number of amides is 1. The van der Waals surface area contributed by atoms with Crippen LogP contribution in [0, 0.1) is 0 Å². The topological polar surface area (TPSA) is 55.8 Å². The van der Waals surface area contributed by atoms with Crippen LogP contribution >= 0.6 is 0 Å². The second-order valence-electron chi connectivity index (χ2n) is 9.97. The van der Waals surface area contributed by atoms with Gasteiger partial charge in [-0.25, -0.2) is 0 Å². The number of halogens is 3. The summed E-state index contributed by atoms with van der Waals surface area (Å²) in [5.41, 5.74) is 0.151. The summed E-state index contributed by atoms with van der Waals surface area (Å²) in [6.07, 6.45) is -4.98. The van der Waals surface area contributed by atoms with Gasteiger partial charge in [0, 0.05) is 12.6 Å². The van der Waals surface area contributed by atoms with Gasteiger partial charge in [-0.3, -0.25) is 9.59 Å². The van der Waals surface area contributed by atoms with Crippen LogP contribution in [0.3, 0.4) is 0 Å². The molecule has 0 saturated carbocycles. The van der Waals surface area contributed by atoms with Gasteiger partial charge >= 0.3 is 6.18 Å². The van der Waals surface area contributed by atoms with Gasteiger partial charge in [0.1, 0.15) is 12.4 Å². The van der Waals surface area contributed by atoms with Crippen LogP contribution in [0.15, 0.2) is 84.9 Å². The molecule has 0 aromatic heterocycles. The van der Waals surface area contributed by atoms with Gasteiger partial charge in [-0.05, 0) is 39.7 Å². The molecule has 0 aliphatic heterocycles. The van der Waals surface area contributed by atoms with Crippen molar-refractivity contribution in [2.24, 2.45) is 0 Å². The molecule has 5 nitrogen and oxygen atoms in total. The Morgan fingerprint density at radius 2 is 1.29 bits per heavy atom. The van der Waals surface area contributed by atoms with Gasteiger partial charge in [-0.1, -0.05) is 81.4 Å². The first-order valence-electron chi connectivity index (χ1n) is 12.2. The first-order chi connectivity index (χ1) is 17.9. The zero-order valence-corrected chi connectivity index (χ0v) is 22.9. The van der Waals surface area contributed by atoms with E-state index in [1.54, 1.807) is 12.1 Å². The minimum absolute atomic E-state index is 0.151. The van der Waals surface area contributed by atoms with Gasteiger partial charge in [0.2, 0.25) is 0 Å². The highest BCUT2D eigenvalue weighted by atomic mass is 28.4. The lowest BCUT2D eigenvalue weighted by atomic mass is 10.2. The molecule has 0 N–H and O–H groups in total. The number of ketones is 1. The lowest BCUT2D eigenvalue weighted by Crippen LogP contribution is -2.66. The number of ether oxygens (including phenoxy) is 1. The van der Waals surface area contributed by atoms with Gasteiger partial charge in [0.15, 0.2) is 0 Å². The summed E-state index contributed by atoms with van der Waals surface area (Å²) >= 11 is 0. The molecule has 0 aliphatic carbocycles. The van der Waals surface area contributed by atoms with Crippen LogP contribution in [0.2, 0.25) is 5.04 Å². The molecule has 0 fully saturated rings. The highest BCUT2D eigenvalue weighted by Crippen LogP contribution is 2.36. The van der Waals surface area contributed by atoms with Crippen molar-refractivity contribution < 1.29 is 31.9 Å². The van der Waals surface area contributed by atoms with Crippen LogP contribution < -0.4 is 15.1 Å². The SMILES string of the molecule is CN(CC(=O)C(F)(F)F)C(=O)c1ccc(OCCO[Si](c2ccccc2)(c2ccccc2)C(C)(C)C)cc1. The Kier molecular flexibility index (Phi) is 9.16. The first kappa shape index (κ1) is 29.1. The molecule has 3 aromatic rings. The molecule has 9 heteroatoms. The minimum Gasteiger partial charge on any atom is -0.491 e. The molecule has 38 heavy (non-hydrogen) atoms. The molecule has 0 radical (unpaired) electrons. The number of benzene rings is 3. The zero-order chi connectivity index (χ0) is 28.0. The number of carbonyl (C=O) groups excluding carboxylic acids is 2. The summed E-state index contributed by atoms with van der Waals surface area (Å²) in [6, 6.07) is 26.5. The molecule has 0 heterocycles. The average molecular weight is 544 g/mol. The van der Waals surface area contributed by atoms with Crippen molar-refractivity contribution in [2.75, 3.05) is 26.8 Å². The first-order valence-corrected chi connectivity index (χ1v) is 14.1. The predicted molar refractivity (Wildman–Crippen MR) is 144 cm³/mol. The summed E-state index contributed by atoms with van der Waals surface area (Å²) < 4.78 is 50.1. The Morgan fingerprint density at radius 1 is 0.789 bits per heavy atom. The molecular weight excluding hydrogens is 511 g/mol. The van der Waals surface area contributed by atoms with Crippen molar-refractivity contribution in [1.29, 1.82) is 0 Å². The number of rotatable bonds is 10. The van der Waals surface area contributed by atoms with Crippen molar-refractivity contribution in [1.82, 2.24) is 4.90 Å². The molecule has 0 bridgehead atoms. The number of likely N-dealkylation sites (N-methyl/N-ethyl adjacent to an activating group) is 1. The van der Waals surface area contributed by atoms with Crippen LogP contribution in [-0.4, -0.2) is 57.9 Å². The number of nitrogens with zero attached hydrogens (tertiary/aromatic N) is 1. The summed E-state index contributed by atoms with van der Waals surface area (Å²) in [5, 5.41) is 2.15. The maximum Gasteiger partial charge on any atom is 0.451 e. The fraction of sp³-hybridized carbons (Fsp3) is 0.310. The van der Waals surface area contributed by atoms with E-state index in [0.29, 0.717) is 12.4 Å². The Labute approximate surface area is 222 Å². The van der Waals surface area contributed by atoms with E-state index in [0.717, 1.165) is 22.3 Å². The number of hydrogen-bond donors (Lipinski definition) is 0. The molecule has 0 unspecified atom stereocenters. The van der Waals surface area contributed by atoms with E-state index in [4.69, 9.17) is 9.16 Å².